The molecule has 72 valence electrons. The number of hydrogen-bond donors (Lipinski definition) is 0. The zero-order valence-corrected chi connectivity index (χ0v) is 7.19. The standard InChI is InChI=1S/C7H5F3N2.ClH/c8-7(9,10)5-2-1-3-6(4-5)12-11;/h1-3H,4H2;1H. The number of hydrogen-bond acceptors (Lipinski definition) is 0. The molecule has 0 N–H and O–H groups in total. The summed E-state index contributed by atoms with van der Waals surface area (Å²) in [6.45, 7) is 0. The molecule has 0 unspecified atom stereocenters. The van der Waals surface area contributed by atoms with Crippen LogP contribution in [0.2, 0.25) is 0 Å². The van der Waals surface area contributed by atoms with Crippen molar-refractivity contribution in [3.05, 3.63) is 29.3 Å². The van der Waals surface area contributed by atoms with E-state index >= 15 is 0 Å². The van der Waals surface area contributed by atoms with Gasteiger partial charge < -0.3 is 5.53 Å². The first kappa shape index (κ1) is 11.9. The van der Waals surface area contributed by atoms with Gasteiger partial charge in [-0.2, -0.15) is 18.0 Å². The Balaban J connectivity index is 0.00000144. The van der Waals surface area contributed by atoms with E-state index in [0.717, 1.165) is 6.08 Å². The molecule has 0 fully saturated rings. The van der Waals surface area contributed by atoms with Gasteiger partial charge in [0.05, 0.1) is 6.42 Å². The Morgan fingerprint density at radius 2 is 2.00 bits per heavy atom. The highest BCUT2D eigenvalue weighted by Crippen LogP contribution is 2.29. The molecule has 0 amide bonds. The molecule has 0 saturated heterocycles. The number of halogens is 4. The smallest absolute Gasteiger partial charge is 0.361 e. The van der Waals surface area contributed by atoms with Crippen LogP contribution < -0.4 is 0 Å². The molecule has 1 rings (SSSR count). The Labute approximate surface area is 78.8 Å². The van der Waals surface area contributed by atoms with Crippen molar-refractivity contribution in [3.63, 3.8) is 0 Å². The minimum atomic E-state index is -4.33. The first-order chi connectivity index (χ1) is 5.54. The van der Waals surface area contributed by atoms with Crippen molar-refractivity contribution < 1.29 is 18.0 Å². The van der Waals surface area contributed by atoms with E-state index in [1.807, 2.05) is 0 Å². The van der Waals surface area contributed by atoms with Crippen LogP contribution in [0.5, 0.6) is 0 Å². The lowest BCUT2D eigenvalue weighted by Crippen LogP contribution is -2.16. The van der Waals surface area contributed by atoms with Crippen molar-refractivity contribution >= 4 is 18.1 Å². The molecule has 1 aliphatic rings. The van der Waals surface area contributed by atoms with Crippen molar-refractivity contribution in [1.82, 2.24) is 0 Å². The molecule has 0 aromatic rings. The number of nitrogens with zero attached hydrogens (tertiary/aromatic N) is 2. The SMILES string of the molecule is Cl.[N-]=[N+]=C1C=CC=C(C(F)(F)F)C1. The van der Waals surface area contributed by atoms with Gasteiger partial charge in [-0.1, -0.05) is 12.2 Å². The molecule has 2 nitrogen and oxygen atoms in total. The Morgan fingerprint density at radius 3 is 2.46 bits per heavy atom. The maximum atomic E-state index is 12.0. The quantitative estimate of drug-likeness (QED) is 0.435. The average Bonchev–Trinajstić information content (AvgIpc) is 2.03. The summed E-state index contributed by atoms with van der Waals surface area (Å²) in [5.74, 6) is 0. The van der Waals surface area contributed by atoms with Crippen LogP contribution in [-0.4, -0.2) is 16.7 Å². The predicted octanol–water partition coefficient (Wildman–Crippen LogP) is 2.53. The van der Waals surface area contributed by atoms with Crippen LogP contribution in [0.25, 0.3) is 5.53 Å². The minimum Gasteiger partial charge on any atom is -0.361 e. The fraction of sp³-hybridized carbons (Fsp3) is 0.286. The fourth-order valence-electron chi connectivity index (χ4n) is 0.852. The number of allylic oxidation sites excluding steroid dienone is 4. The molecule has 0 atom stereocenters. The van der Waals surface area contributed by atoms with Crippen LogP contribution in [-0.2, 0) is 0 Å². The van der Waals surface area contributed by atoms with E-state index in [-0.39, 0.29) is 24.5 Å². The largest absolute Gasteiger partial charge is 0.413 e. The van der Waals surface area contributed by atoms with Gasteiger partial charge in [0.25, 0.3) is 5.71 Å². The second-order valence-corrected chi connectivity index (χ2v) is 2.32. The molecule has 0 heterocycles. The Morgan fingerprint density at radius 1 is 1.38 bits per heavy atom. The van der Waals surface area contributed by atoms with E-state index in [1.165, 1.54) is 12.2 Å². The molecule has 0 radical (unpaired) electrons. The fourth-order valence-corrected chi connectivity index (χ4v) is 0.852. The van der Waals surface area contributed by atoms with Crippen LogP contribution in [0.3, 0.4) is 0 Å². The van der Waals surface area contributed by atoms with Crippen LogP contribution in [0.15, 0.2) is 23.8 Å². The third-order valence-corrected chi connectivity index (χ3v) is 1.45. The monoisotopic (exact) mass is 210 g/mol. The van der Waals surface area contributed by atoms with Crippen LogP contribution in [0, 0.1) is 0 Å². The summed E-state index contributed by atoms with van der Waals surface area (Å²) in [5.41, 5.74) is 7.54. The van der Waals surface area contributed by atoms with Gasteiger partial charge in [0.1, 0.15) is 0 Å². The van der Waals surface area contributed by atoms with Gasteiger partial charge in [0.2, 0.25) is 0 Å². The average molecular weight is 211 g/mol. The van der Waals surface area contributed by atoms with Crippen molar-refractivity contribution in [3.8, 4) is 0 Å². The molecule has 0 aromatic heterocycles. The van der Waals surface area contributed by atoms with Gasteiger partial charge in [-0.05, 0) is 0 Å². The number of rotatable bonds is 0. The van der Waals surface area contributed by atoms with Gasteiger partial charge in [-0.25, -0.2) is 0 Å². The van der Waals surface area contributed by atoms with Crippen molar-refractivity contribution in [1.29, 1.82) is 0 Å². The molecular weight excluding hydrogens is 205 g/mol. The second-order valence-electron chi connectivity index (χ2n) is 2.32. The van der Waals surface area contributed by atoms with Gasteiger partial charge in [-0.3, -0.25) is 0 Å². The van der Waals surface area contributed by atoms with Gasteiger partial charge >= 0.3 is 6.18 Å². The summed E-state index contributed by atoms with van der Waals surface area (Å²) in [4.78, 5) is 2.70. The Hall–Kier alpha value is -1.06. The van der Waals surface area contributed by atoms with E-state index in [4.69, 9.17) is 5.53 Å². The lowest BCUT2D eigenvalue weighted by Gasteiger charge is -2.09. The summed E-state index contributed by atoms with van der Waals surface area (Å²) in [5, 5.41) is 0. The van der Waals surface area contributed by atoms with Gasteiger partial charge in [0, 0.05) is 11.6 Å². The van der Waals surface area contributed by atoms with Crippen LogP contribution >= 0.6 is 12.4 Å². The topological polar surface area (TPSA) is 36.4 Å². The molecule has 6 heteroatoms. The molecule has 0 bridgehead atoms. The Bertz CT molecular complexity index is 297. The molecule has 13 heavy (non-hydrogen) atoms. The van der Waals surface area contributed by atoms with Gasteiger partial charge in [-0.15, -0.1) is 12.4 Å². The number of alkyl halides is 3. The highest BCUT2D eigenvalue weighted by Gasteiger charge is 2.35. The van der Waals surface area contributed by atoms with Gasteiger partial charge in [0.15, 0.2) is 0 Å². The third kappa shape index (κ3) is 3.05. The summed E-state index contributed by atoms with van der Waals surface area (Å²) in [6.07, 6.45) is -1.19. The minimum absolute atomic E-state index is 0. The summed E-state index contributed by atoms with van der Waals surface area (Å²) in [7, 11) is 0. The van der Waals surface area contributed by atoms with Crippen LogP contribution in [0.4, 0.5) is 13.2 Å². The van der Waals surface area contributed by atoms with Crippen molar-refractivity contribution in [2.24, 2.45) is 0 Å². The first-order valence-electron chi connectivity index (χ1n) is 3.19. The maximum absolute atomic E-state index is 12.0. The van der Waals surface area contributed by atoms with Crippen molar-refractivity contribution in [2.75, 3.05) is 0 Å². The molecular formula is C7H6ClF3N2. The predicted molar refractivity (Wildman–Crippen MR) is 43.8 cm³/mol. The summed E-state index contributed by atoms with van der Waals surface area (Å²) in [6, 6.07) is 0. The molecule has 0 spiro atoms. The molecule has 0 aromatic carbocycles. The lowest BCUT2D eigenvalue weighted by atomic mass is 10.0. The first-order valence-corrected chi connectivity index (χ1v) is 3.19. The van der Waals surface area contributed by atoms with Crippen molar-refractivity contribution in [2.45, 2.75) is 12.6 Å². The van der Waals surface area contributed by atoms with E-state index in [2.05, 4.69) is 4.79 Å². The Kier molecular flexibility index (Phi) is 3.91. The molecule has 0 saturated carbocycles. The van der Waals surface area contributed by atoms with E-state index in [9.17, 15) is 13.2 Å². The van der Waals surface area contributed by atoms with E-state index in [0.29, 0.717) is 0 Å². The summed E-state index contributed by atoms with van der Waals surface area (Å²) < 4.78 is 36.0. The highest BCUT2D eigenvalue weighted by atomic mass is 35.5. The van der Waals surface area contributed by atoms with E-state index in [1.54, 1.807) is 0 Å². The van der Waals surface area contributed by atoms with Crippen LogP contribution in [0.1, 0.15) is 6.42 Å². The third-order valence-electron chi connectivity index (χ3n) is 1.45. The second kappa shape index (κ2) is 4.25. The highest BCUT2D eigenvalue weighted by molar-refractivity contribution is 5.93. The molecule has 1 aliphatic carbocycles. The normalized spacial score (nSPS) is 15.9. The maximum Gasteiger partial charge on any atom is 0.413 e. The zero-order valence-electron chi connectivity index (χ0n) is 6.38. The summed E-state index contributed by atoms with van der Waals surface area (Å²) >= 11 is 0. The zero-order chi connectivity index (χ0) is 9.19. The van der Waals surface area contributed by atoms with E-state index < -0.39 is 11.7 Å². The lowest BCUT2D eigenvalue weighted by molar-refractivity contribution is -0.0940. The molecule has 0 aliphatic heterocycles.